The third-order valence-electron chi connectivity index (χ3n) is 4.57. The van der Waals surface area contributed by atoms with E-state index in [-0.39, 0.29) is 11.9 Å². The summed E-state index contributed by atoms with van der Waals surface area (Å²) in [6.07, 6.45) is 1.88. The number of aromatic nitrogens is 2. The van der Waals surface area contributed by atoms with Gasteiger partial charge in [-0.2, -0.15) is 4.98 Å². The molecule has 0 aliphatic carbocycles. The molecule has 0 saturated carbocycles. The predicted molar refractivity (Wildman–Crippen MR) is 108 cm³/mol. The summed E-state index contributed by atoms with van der Waals surface area (Å²) < 4.78 is 26.7. The fourth-order valence-corrected chi connectivity index (χ4v) is 3.04. The van der Waals surface area contributed by atoms with Crippen molar-refractivity contribution in [2.24, 2.45) is 0 Å². The summed E-state index contributed by atoms with van der Waals surface area (Å²) in [7, 11) is 4.62. The highest BCUT2D eigenvalue weighted by Gasteiger charge is 2.22. The van der Waals surface area contributed by atoms with Gasteiger partial charge >= 0.3 is 0 Å². The predicted octanol–water partition coefficient (Wildman–Crippen LogP) is 3.45. The molecular formula is C21H25N3O6. The Morgan fingerprint density at radius 2 is 1.83 bits per heavy atom. The highest BCUT2D eigenvalue weighted by atomic mass is 16.5. The minimum atomic E-state index is -0.181. The number of hydrogen-bond acceptors (Lipinski definition) is 8. The molecule has 0 aliphatic rings. The van der Waals surface area contributed by atoms with E-state index in [1.807, 2.05) is 13.8 Å². The maximum absolute atomic E-state index is 12.6. The number of benzene rings is 1. The zero-order chi connectivity index (χ0) is 21.7. The molecule has 9 heteroatoms. The maximum atomic E-state index is 12.6. The van der Waals surface area contributed by atoms with Crippen LogP contribution in [0, 0.1) is 0 Å². The van der Waals surface area contributed by atoms with E-state index in [0.717, 1.165) is 0 Å². The van der Waals surface area contributed by atoms with E-state index < -0.39 is 0 Å². The third kappa shape index (κ3) is 4.40. The van der Waals surface area contributed by atoms with Crippen molar-refractivity contribution >= 4 is 5.91 Å². The minimum Gasteiger partial charge on any atom is -0.493 e. The van der Waals surface area contributed by atoms with Crippen LogP contribution in [-0.2, 0) is 6.42 Å². The van der Waals surface area contributed by atoms with Crippen LogP contribution >= 0.6 is 0 Å². The van der Waals surface area contributed by atoms with Gasteiger partial charge in [-0.1, -0.05) is 5.16 Å². The normalized spacial score (nSPS) is 10.9. The Kier molecular flexibility index (Phi) is 6.61. The van der Waals surface area contributed by atoms with Crippen molar-refractivity contribution in [2.45, 2.75) is 26.3 Å². The van der Waals surface area contributed by atoms with Crippen LogP contribution in [-0.4, -0.2) is 54.9 Å². The largest absolute Gasteiger partial charge is 0.493 e. The second-order valence-electron chi connectivity index (χ2n) is 6.75. The summed E-state index contributed by atoms with van der Waals surface area (Å²) in [5.74, 6) is 2.39. The summed E-state index contributed by atoms with van der Waals surface area (Å²) >= 11 is 0. The van der Waals surface area contributed by atoms with E-state index in [1.165, 1.54) is 13.4 Å². The molecule has 0 atom stereocenters. The number of ether oxygens (including phenoxy) is 3. The van der Waals surface area contributed by atoms with Gasteiger partial charge in [-0.15, -0.1) is 0 Å². The van der Waals surface area contributed by atoms with Gasteiger partial charge in [0.15, 0.2) is 17.3 Å². The maximum Gasteiger partial charge on any atom is 0.289 e. The first-order valence-corrected chi connectivity index (χ1v) is 9.45. The second-order valence-corrected chi connectivity index (χ2v) is 6.75. The number of carbonyl (C=O) groups excluding carboxylic acids is 1. The van der Waals surface area contributed by atoms with Crippen LogP contribution in [0.1, 0.15) is 30.3 Å². The molecule has 2 aromatic heterocycles. The standard InChI is InChI=1S/C21H25N3O6/c1-13(2)24(21(25)15-7-6-10-29-15)9-8-18-22-20(23-30-18)14-11-16(26-3)19(28-5)17(12-14)27-4/h6-7,10-13H,8-9H2,1-5H3. The van der Waals surface area contributed by atoms with Crippen LogP contribution in [0.4, 0.5) is 0 Å². The Morgan fingerprint density at radius 1 is 1.13 bits per heavy atom. The van der Waals surface area contributed by atoms with E-state index in [2.05, 4.69) is 10.1 Å². The van der Waals surface area contributed by atoms with Crippen LogP contribution in [0.2, 0.25) is 0 Å². The van der Waals surface area contributed by atoms with Crippen LogP contribution in [0.25, 0.3) is 11.4 Å². The molecule has 30 heavy (non-hydrogen) atoms. The number of furan rings is 1. The van der Waals surface area contributed by atoms with Crippen molar-refractivity contribution in [3.05, 3.63) is 42.2 Å². The average Bonchev–Trinajstić information content (AvgIpc) is 3.44. The number of carbonyl (C=O) groups is 1. The highest BCUT2D eigenvalue weighted by molar-refractivity contribution is 5.91. The number of methoxy groups -OCH3 is 3. The number of amides is 1. The zero-order valence-electron chi connectivity index (χ0n) is 17.7. The second kappa shape index (κ2) is 9.34. The highest BCUT2D eigenvalue weighted by Crippen LogP contribution is 2.40. The van der Waals surface area contributed by atoms with Crippen LogP contribution in [0.3, 0.4) is 0 Å². The molecule has 2 heterocycles. The van der Waals surface area contributed by atoms with Gasteiger partial charge in [0.1, 0.15) is 0 Å². The quantitative estimate of drug-likeness (QED) is 0.524. The molecule has 0 unspecified atom stereocenters. The van der Waals surface area contributed by atoms with Gasteiger partial charge in [-0.3, -0.25) is 4.79 Å². The number of nitrogens with zero attached hydrogens (tertiary/aromatic N) is 3. The van der Waals surface area contributed by atoms with Gasteiger partial charge in [0.05, 0.1) is 27.6 Å². The van der Waals surface area contributed by atoms with Gasteiger partial charge < -0.3 is 28.1 Å². The zero-order valence-corrected chi connectivity index (χ0v) is 17.7. The molecule has 0 N–H and O–H groups in total. The summed E-state index contributed by atoms with van der Waals surface area (Å²) in [6.45, 7) is 4.29. The molecule has 160 valence electrons. The van der Waals surface area contributed by atoms with E-state index in [4.69, 9.17) is 23.2 Å². The van der Waals surface area contributed by atoms with Crippen LogP contribution in [0.5, 0.6) is 17.2 Å². The number of hydrogen-bond donors (Lipinski definition) is 0. The molecular weight excluding hydrogens is 390 g/mol. The van der Waals surface area contributed by atoms with E-state index in [9.17, 15) is 4.79 Å². The summed E-state index contributed by atoms with van der Waals surface area (Å²) in [5.41, 5.74) is 0.659. The van der Waals surface area contributed by atoms with Crippen LogP contribution < -0.4 is 14.2 Å². The lowest BCUT2D eigenvalue weighted by molar-refractivity contribution is 0.0671. The van der Waals surface area contributed by atoms with Crippen molar-refractivity contribution in [1.29, 1.82) is 0 Å². The molecule has 9 nitrogen and oxygen atoms in total. The van der Waals surface area contributed by atoms with E-state index in [0.29, 0.717) is 53.3 Å². The van der Waals surface area contributed by atoms with Gasteiger partial charge in [-0.25, -0.2) is 0 Å². The Labute approximate surface area is 174 Å². The molecule has 0 aliphatic heterocycles. The molecule has 1 aromatic carbocycles. The summed E-state index contributed by atoms with van der Waals surface area (Å²) in [4.78, 5) is 18.8. The molecule has 3 aromatic rings. The van der Waals surface area contributed by atoms with Crippen molar-refractivity contribution in [1.82, 2.24) is 15.0 Å². The van der Waals surface area contributed by atoms with Crippen molar-refractivity contribution in [3.8, 4) is 28.6 Å². The lowest BCUT2D eigenvalue weighted by atomic mass is 10.1. The Balaban J connectivity index is 1.77. The van der Waals surface area contributed by atoms with Crippen molar-refractivity contribution < 1.29 is 27.9 Å². The topological polar surface area (TPSA) is 100 Å². The van der Waals surface area contributed by atoms with Gasteiger partial charge in [-0.05, 0) is 38.1 Å². The SMILES string of the molecule is COc1cc(-c2noc(CCN(C(=O)c3ccco3)C(C)C)n2)cc(OC)c1OC. The van der Waals surface area contributed by atoms with Gasteiger partial charge in [0.2, 0.25) is 17.5 Å². The molecule has 3 rings (SSSR count). The molecule has 0 radical (unpaired) electrons. The fourth-order valence-electron chi connectivity index (χ4n) is 3.04. The Bertz CT molecular complexity index is 956. The van der Waals surface area contributed by atoms with Gasteiger partial charge in [0, 0.05) is 24.6 Å². The summed E-state index contributed by atoms with van der Waals surface area (Å²) in [6, 6.07) is 6.81. The molecule has 0 spiro atoms. The average molecular weight is 415 g/mol. The third-order valence-corrected chi connectivity index (χ3v) is 4.57. The lowest BCUT2D eigenvalue weighted by Gasteiger charge is -2.25. The molecule has 1 amide bonds. The fraction of sp³-hybridized carbons (Fsp3) is 0.381. The smallest absolute Gasteiger partial charge is 0.289 e. The number of rotatable bonds is 9. The van der Waals surface area contributed by atoms with E-state index >= 15 is 0 Å². The first-order chi connectivity index (χ1) is 14.5. The first kappa shape index (κ1) is 21.2. The van der Waals surface area contributed by atoms with Crippen molar-refractivity contribution in [2.75, 3.05) is 27.9 Å². The lowest BCUT2D eigenvalue weighted by Crippen LogP contribution is -2.38. The first-order valence-electron chi connectivity index (χ1n) is 9.45. The monoisotopic (exact) mass is 415 g/mol. The minimum absolute atomic E-state index is 0.0138. The Morgan fingerprint density at radius 3 is 2.37 bits per heavy atom. The van der Waals surface area contributed by atoms with E-state index in [1.54, 1.807) is 43.4 Å². The van der Waals surface area contributed by atoms with Gasteiger partial charge in [0.25, 0.3) is 5.91 Å². The molecule has 0 bridgehead atoms. The van der Waals surface area contributed by atoms with Crippen molar-refractivity contribution in [3.63, 3.8) is 0 Å². The molecule has 0 saturated heterocycles. The Hall–Kier alpha value is -3.49. The molecule has 0 fully saturated rings. The van der Waals surface area contributed by atoms with Crippen LogP contribution in [0.15, 0.2) is 39.5 Å². The summed E-state index contributed by atoms with van der Waals surface area (Å²) in [5, 5.41) is 4.05.